The number of hydrogen-bond donors (Lipinski definition) is 0. The van der Waals surface area contributed by atoms with E-state index in [9.17, 15) is 0 Å². The van der Waals surface area contributed by atoms with E-state index in [2.05, 4.69) is 28.1 Å². The Kier molecular flexibility index (Phi) is 14.8. The summed E-state index contributed by atoms with van der Waals surface area (Å²) in [5, 5.41) is 8.93. The maximum Gasteiger partial charge on any atom is 0.0780 e. The van der Waals surface area contributed by atoms with Gasteiger partial charge < -0.3 is 9.59 Å². The fraction of sp³-hybridized carbons (Fsp3) is 1.00. The molecule has 2 heteroatoms. The summed E-state index contributed by atoms with van der Waals surface area (Å²) in [5.41, 5.74) is 0. The van der Waals surface area contributed by atoms with Crippen LogP contribution < -0.4 is 5.11 Å². The van der Waals surface area contributed by atoms with E-state index in [1.807, 2.05) is 0 Å². The van der Waals surface area contributed by atoms with Gasteiger partial charge in [0.25, 0.3) is 0 Å². The molecule has 0 heterocycles. The standard InChI is InChI=1S/C12H28N.C2H5O/c1-5-6-7-8-9-10-11-12-13(2,3)4;1-2-3/h5-12H2,1-4H3;2H2,1H3/q+1;-1. The molecule has 100 valence electrons. The van der Waals surface area contributed by atoms with Gasteiger partial charge in [0, 0.05) is 0 Å². The molecular formula is C14H33NO. The van der Waals surface area contributed by atoms with Crippen molar-refractivity contribution in [1.82, 2.24) is 0 Å². The van der Waals surface area contributed by atoms with E-state index in [-0.39, 0.29) is 6.61 Å². The molecule has 0 unspecified atom stereocenters. The van der Waals surface area contributed by atoms with Crippen molar-refractivity contribution in [2.75, 3.05) is 34.3 Å². The molecule has 0 spiro atoms. The van der Waals surface area contributed by atoms with Crippen LogP contribution in [0, 0.1) is 0 Å². The van der Waals surface area contributed by atoms with Gasteiger partial charge in [0.2, 0.25) is 0 Å². The molecule has 0 aromatic carbocycles. The number of nitrogens with zero attached hydrogens (tertiary/aromatic N) is 1. The zero-order chi connectivity index (χ0) is 12.9. The van der Waals surface area contributed by atoms with Crippen molar-refractivity contribution in [2.24, 2.45) is 0 Å². The normalized spacial score (nSPS) is 10.9. The molecule has 16 heavy (non-hydrogen) atoms. The van der Waals surface area contributed by atoms with Crippen LogP contribution in [-0.4, -0.2) is 38.8 Å². The molecule has 0 N–H and O–H groups in total. The first kappa shape index (κ1) is 18.3. The summed E-state index contributed by atoms with van der Waals surface area (Å²) in [6, 6.07) is 0. The van der Waals surface area contributed by atoms with Crippen molar-refractivity contribution in [3.63, 3.8) is 0 Å². The Labute approximate surface area is 103 Å². The average molecular weight is 231 g/mol. The van der Waals surface area contributed by atoms with Crippen molar-refractivity contribution in [3.05, 3.63) is 0 Å². The minimum Gasteiger partial charge on any atom is -0.855 e. The molecular weight excluding hydrogens is 198 g/mol. The van der Waals surface area contributed by atoms with Gasteiger partial charge in [-0.15, -0.1) is 6.61 Å². The molecule has 0 bridgehead atoms. The van der Waals surface area contributed by atoms with Crippen LogP contribution in [-0.2, 0) is 0 Å². The number of quaternary nitrogens is 1. The Hall–Kier alpha value is -0.0800. The minimum atomic E-state index is 0. The van der Waals surface area contributed by atoms with Crippen LogP contribution in [0.3, 0.4) is 0 Å². The van der Waals surface area contributed by atoms with E-state index < -0.39 is 0 Å². The second kappa shape index (κ2) is 13.0. The van der Waals surface area contributed by atoms with Crippen molar-refractivity contribution in [1.29, 1.82) is 0 Å². The lowest BCUT2D eigenvalue weighted by Gasteiger charge is -2.23. The van der Waals surface area contributed by atoms with Gasteiger partial charge in [0.1, 0.15) is 0 Å². The summed E-state index contributed by atoms with van der Waals surface area (Å²) in [6.45, 7) is 5.17. The van der Waals surface area contributed by atoms with E-state index >= 15 is 0 Å². The number of unbranched alkanes of at least 4 members (excludes halogenated alkanes) is 6. The number of hydrogen-bond acceptors (Lipinski definition) is 1. The largest absolute Gasteiger partial charge is 0.855 e. The van der Waals surface area contributed by atoms with Gasteiger partial charge in [-0.2, -0.15) is 0 Å². The lowest BCUT2D eigenvalue weighted by Crippen LogP contribution is -2.35. The molecule has 0 aromatic rings. The lowest BCUT2D eigenvalue weighted by atomic mass is 10.1. The molecule has 0 aliphatic carbocycles. The fourth-order valence-electron chi connectivity index (χ4n) is 1.54. The molecule has 0 aliphatic heterocycles. The van der Waals surface area contributed by atoms with Gasteiger partial charge in [-0.3, -0.25) is 0 Å². The predicted molar refractivity (Wildman–Crippen MR) is 71.4 cm³/mol. The van der Waals surface area contributed by atoms with Crippen LogP contribution >= 0.6 is 0 Å². The Morgan fingerprint density at radius 1 is 0.750 bits per heavy atom. The van der Waals surface area contributed by atoms with Crippen LogP contribution in [0.2, 0.25) is 0 Å². The first-order valence-corrected chi connectivity index (χ1v) is 6.86. The first-order valence-electron chi connectivity index (χ1n) is 6.86. The van der Waals surface area contributed by atoms with Gasteiger partial charge in [-0.25, -0.2) is 0 Å². The van der Waals surface area contributed by atoms with Crippen LogP contribution in [0.1, 0.15) is 58.8 Å². The third-order valence-electron chi connectivity index (χ3n) is 2.43. The molecule has 0 aromatic heterocycles. The second-order valence-corrected chi connectivity index (χ2v) is 5.42. The smallest absolute Gasteiger partial charge is 0.0780 e. The Morgan fingerprint density at radius 2 is 1.12 bits per heavy atom. The van der Waals surface area contributed by atoms with Gasteiger partial charge in [0.05, 0.1) is 27.7 Å². The summed E-state index contributed by atoms with van der Waals surface area (Å²) >= 11 is 0. The van der Waals surface area contributed by atoms with Gasteiger partial charge in [-0.1, -0.05) is 46.0 Å². The summed E-state index contributed by atoms with van der Waals surface area (Å²) in [6.07, 6.45) is 9.95. The SMILES string of the molecule is CCCCCCCCC[N+](C)(C)C.CC[O-]. The van der Waals surface area contributed by atoms with Gasteiger partial charge in [0.15, 0.2) is 0 Å². The predicted octanol–water partition coefficient (Wildman–Crippen LogP) is 2.81. The highest BCUT2D eigenvalue weighted by atomic mass is 16.2. The summed E-state index contributed by atoms with van der Waals surface area (Å²) in [4.78, 5) is 0. The summed E-state index contributed by atoms with van der Waals surface area (Å²) in [7, 11) is 6.82. The quantitative estimate of drug-likeness (QED) is 0.465. The van der Waals surface area contributed by atoms with Crippen LogP contribution in [0.4, 0.5) is 0 Å². The molecule has 0 saturated heterocycles. The zero-order valence-electron chi connectivity index (χ0n) is 12.2. The van der Waals surface area contributed by atoms with Gasteiger partial charge >= 0.3 is 0 Å². The number of rotatable bonds is 8. The monoisotopic (exact) mass is 231 g/mol. The minimum absolute atomic E-state index is 0. The van der Waals surface area contributed by atoms with E-state index in [4.69, 9.17) is 5.11 Å². The Morgan fingerprint density at radius 3 is 1.50 bits per heavy atom. The zero-order valence-corrected chi connectivity index (χ0v) is 12.2. The Bertz CT molecular complexity index is 118. The molecule has 0 atom stereocenters. The third kappa shape index (κ3) is 23.6. The summed E-state index contributed by atoms with van der Waals surface area (Å²) < 4.78 is 1.12. The molecule has 0 fully saturated rings. The molecule has 0 aliphatic rings. The van der Waals surface area contributed by atoms with Crippen molar-refractivity contribution in [2.45, 2.75) is 58.8 Å². The van der Waals surface area contributed by atoms with E-state index in [0.29, 0.717) is 0 Å². The highest BCUT2D eigenvalue weighted by Crippen LogP contribution is 2.07. The van der Waals surface area contributed by atoms with E-state index in [0.717, 1.165) is 4.48 Å². The van der Waals surface area contributed by atoms with Crippen LogP contribution in [0.15, 0.2) is 0 Å². The Balaban J connectivity index is 0. The molecule has 0 amide bonds. The fourth-order valence-corrected chi connectivity index (χ4v) is 1.54. The summed E-state index contributed by atoms with van der Waals surface area (Å²) in [5.74, 6) is 0. The van der Waals surface area contributed by atoms with Crippen molar-refractivity contribution >= 4 is 0 Å². The average Bonchev–Trinajstić information content (AvgIpc) is 2.16. The van der Waals surface area contributed by atoms with Crippen LogP contribution in [0.25, 0.3) is 0 Å². The third-order valence-corrected chi connectivity index (χ3v) is 2.43. The molecule has 2 nitrogen and oxygen atoms in total. The first-order chi connectivity index (χ1) is 7.47. The highest BCUT2D eigenvalue weighted by molar-refractivity contribution is 4.44. The highest BCUT2D eigenvalue weighted by Gasteiger charge is 2.04. The van der Waals surface area contributed by atoms with E-state index in [1.54, 1.807) is 6.92 Å². The van der Waals surface area contributed by atoms with Crippen molar-refractivity contribution in [3.8, 4) is 0 Å². The lowest BCUT2D eigenvalue weighted by molar-refractivity contribution is -0.870. The topological polar surface area (TPSA) is 23.1 Å². The second-order valence-electron chi connectivity index (χ2n) is 5.42. The molecule has 0 radical (unpaired) electrons. The van der Waals surface area contributed by atoms with Crippen LogP contribution in [0.5, 0.6) is 0 Å². The maximum atomic E-state index is 8.93. The van der Waals surface area contributed by atoms with Gasteiger partial charge in [-0.05, 0) is 12.8 Å². The van der Waals surface area contributed by atoms with E-state index in [1.165, 1.54) is 51.5 Å². The molecule has 0 rings (SSSR count). The maximum absolute atomic E-state index is 8.93. The van der Waals surface area contributed by atoms with Crippen molar-refractivity contribution < 1.29 is 9.59 Å². The molecule has 0 saturated carbocycles.